The molecule has 5 heteroatoms. The lowest BCUT2D eigenvalue weighted by Crippen LogP contribution is -2.03. The number of nitrogens with zero attached hydrogens (tertiary/aromatic N) is 1. The van der Waals surface area contributed by atoms with Gasteiger partial charge in [0, 0.05) is 24.5 Å². The number of pyridine rings is 1. The lowest BCUT2D eigenvalue weighted by molar-refractivity contribution is 0.0696. The van der Waals surface area contributed by atoms with E-state index in [9.17, 15) is 4.79 Å². The first-order valence-corrected chi connectivity index (χ1v) is 6.17. The number of carboxylic acids is 1. The Bertz CT molecular complexity index is 609. The number of anilines is 1. The predicted octanol–water partition coefficient (Wildman–Crippen LogP) is 2.71. The van der Waals surface area contributed by atoms with Crippen molar-refractivity contribution in [2.45, 2.75) is 13.5 Å². The maximum Gasteiger partial charge on any atom is 0.335 e. The van der Waals surface area contributed by atoms with Gasteiger partial charge in [-0.15, -0.1) is 0 Å². The zero-order valence-corrected chi connectivity index (χ0v) is 11.4. The normalized spacial score (nSPS) is 10.1. The van der Waals surface area contributed by atoms with Crippen LogP contribution in [0.4, 0.5) is 5.69 Å². The van der Waals surface area contributed by atoms with E-state index < -0.39 is 5.97 Å². The minimum Gasteiger partial charge on any atom is -0.481 e. The summed E-state index contributed by atoms with van der Waals surface area (Å²) in [6, 6.07) is 8.91. The van der Waals surface area contributed by atoms with Gasteiger partial charge in [-0.3, -0.25) is 0 Å². The summed E-state index contributed by atoms with van der Waals surface area (Å²) in [5, 5.41) is 12.2. The van der Waals surface area contributed by atoms with Gasteiger partial charge in [0.15, 0.2) is 0 Å². The summed E-state index contributed by atoms with van der Waals surface area (Å²) in [5.74, 6) is -0.330. The lowest BCUT2D eigenvalue weighted by Gasteiger charge is -2.09. The molecule has 0 atom stereocenters. The minimum atomic E-state index is -0.909. The average Bonchev–Trinajstić information content (AvgIpc) is 2.45. The Hall–Kier alpha value is -2.56. The molecule has 0 amide bonds. The van der Waals surface area contributed by atoms with Gasteiger partial charge in [0.2, 0.25) is 5.88 Å². The number of benzene rings is 1. The molecule has 1 heterocycles. The summed E-state index contributed by atoms with van der Waals surface area (Å²) in [4.78, 5) is 15.1. The second-order valence-electron chi connectivity index (χ2n) is 4.40. The van der Waals surface area contributed by atoms with E-state index in [0.717, 1.165) is 16.8 Å². The van der Waals surface area contributed by atoms with Crippen LogP contribution in [0.25, 0.3) is 0 Å². The number of carboxylic acid groups (broad SMARTS) is 1. The fourth-order valence-corrected chi connectivity index (χ4v) is 1.85. The zero-order chi connectivity index (χ0) is 14.5. The third-order valence-corrected chi connectivity index (χ3v) is 2.96. The summed E-state index contributed by atoms with van der Waals surface area (Å²) in [7, 11) is 1.58. The second-order valence-corrected chi connectivity index (χ2v) is 4.40. The summed E-state index contributed by atoms with van der Waals surface area (Å²) >= 11 is 0. The molecule has 104 valence electrons. The first kappa shape index (κ1) is 13.9. The molecule has 2 aromatic rings. The van der Waals surface area contributed by atoms with E-state index in [1.807, 2.05) is 12.1 Å². The van der Waals surface area contributed by atoms with E-state index in [0.29, 0.717) is 18.0 Å². The molecule has 0 saturated carbocycles. The van der Waals surface area contributed by atoms with Crippen molar-refractivity contribution in [1.29, 1.82) is 0 Å². The molecule has 1 aromatic heterocycles. The maximum atomic E-state index is 10.9. The maximum absolute atomic E-state index is 10.9. The molecule has 0 radical (unpaired) electrons. The van der Waals surface area contributed by atoms with E-state index in [-0.39, 0.29) is 0 Å². The van der Waals surface area contributed by atoms with Crippen LogP contribution in [0.2, 0.25) is 0 Å². The van der Waals surface area contributed by atoms with E-state index in [1.54, 1.807) is 38.4 Å². The molecule has 0 bridgehead atoms. The van der Waals surface area contributed by atoms with Gasteiger partial charge in [-0.25, -0.2) is 9.78 Å². The number of carbonyl (C=O) groups is 1. The van der Waals surface area contributed by atoms with Crippen molar-refractivity contribution >= 4 is 11.7 Å². The molecule has 0 saturated heterocycles. The molecule has 0 fully saturated rings. The number of methoxy groups -OCH3 is 1. The SMILES string of the molecule is COc1ccc(CNc2ccc(C(=O)O)c(C)c2)cn1. The number of ether oxygens (including phenoxy) is 1. The number of aromatic nitrogens is 1. The van der Waals surface area contributed by atoms with Gasteiger partial charge in [-0.1, -0.05) is 6.07 Å². The van der Waals surface area contributed by atoms with Crippen LogP contribution in [0.5, 0.6) is 5.88 Å². The molecular weight excluding hydrogens is 256 g/mol. The van der Waals surface area contributed by atoms with Crippen molar-refractivity contribution < 1.29 is 14.6 Å². The zero-order valence-electron chi connectivity index (χ0n) is 11.4. The van der Waals surface area contributed by atoms with Gasteiger partial charge in [0.1, 0.15) is 0 Å². The molecule has 5 nitrogen and oxygen atoms in total. The minimum absolute atomic E-state index is 0.321. The van der Waals surface area contributed by atoms with Crippen LogP contribution < -0.4 is 10.1 Å². The van der Waals surface area contributed by atoms with Crippen molar-refractivity contribution in [2.75, 3.05) is 12.4 Å². The number of rotatable bonds is 5. The Labute approximate surface area is 117 Å². The Balaban J connectivity index is 2.03. The molecule has 0 aliphatic carbocycles. The number of nitrogens with one attached hydrogen (secondary N) is 1. The lowest BCUT2D eigenvalue weighted by atomic mass is 10.1. The molecular formula is C15H16N2O3. The fourth-order valence-electron chi connectivity index (χ4n) is 1.85. The van der Waals surface area contributed by atoms with Crippen molar-refractivity contribution in [3.05, 3.63) is 53.2 Å². The summed E-state index contributed by atoms with van der Waals surface area (Å²) in [6.45, 7) is 2.40. The number of hydrogen-bond acceptors (Lipinski definition) is 4. The third-order valence-electron chi connectivity index (χ3n) is 2.96. The van der Waals surface area contributed by atoms with Crippen LogP contribution in [-0.2, 0) is 6.54 Å². The predicted molar refractivity (Wildman–Crippen MR) is 76.3 cm³/mol. The summed E-state index contributed by atoms with van der Waals surface area (Å²) in [5.41, 5.74) is 2.95. The van der Waals surface area contributed by atoms with Gasteiger partial charge in [0.05, 0.1) is 12.7 Å². The Morgan fingerprint density at radius 1 is 1.35 bits per heavy atom. The molecule has 2 rings (SSSR count). The largest absolute Gasteiger partial charge is 0.481 e. The highest BCUT2D eigenvalue weighted by atomic mass is 16.5. The van der Waals surface area contributed by atoms with Gasteiger partial charge in [0.25, 0.3) is 0 Å². The van der Waals surface area contributed by atoms with Crippen molar-refractivity contribution in [2.24, 2.45) is 0 Å². The van der Waals surface area contributed by atoms with Crippen LogP contribution in [0.3, 0.4) is 0 Å². The Morgan fingerprint density at radius 2 is 2.15 bits per heavy atom. The van der Waals surface area contributed by atoms with E-state index in [2.05, 4.69) is 10.3 Å². The molecule has 0 aliphatic heterocycles. The molecule has 2 N–H and O–H groups in total. The van der Waals surface area contributed by atoms with Crippen molar-refractivity contribution in [3.63, 3.8) is 0 Å². The van der Waals surface area contributed by atoms with Gasteiger partial charge in [-0.2, -0.15) is 0 Å². The topological polar surface area (TPSA) is 71.5 Å². The number of aryl methyl sites for hydroxylation is 1. The highest BCUT2D eigenvalue weighted by molar-refractivity contribution is 5.89. The molecule has 20 heavy (non-hydrogen) atoms. The van der Waals surface area contributed by atoms with E-state index >= 15 is 0 Å². The first-order chi connectivity index (χ1) is 9.60. The van der Waals surface area contributed by atoms with Crippen LogP contribution in [0, 0.1) is 6.92 Å². The van der Waals surface area contributed by atoms with E-state index in [1.165, 1.54) is 0 Å². The number of hydrogen-bond donors (Lipinski definition) is 2. The highest BCUT2D eigenvalue weighted by Gasteiger charge is 2.06. The molecule has 0 aliphatic rings. The fraction of sp³-hybridized carbons (Fsp3) is 0.200. The van der Waals surface area contributed by atoms with Gasteiger partial charge < -0.3 is 15.2 Å². The van der Waals surface area contributed by atoms with Crippen molar-refractivity contribution in [3.8, 4) is 5.88 Å². The third kappa shape index (κ3) is 3.26. The Morgan fingerprint density at radius 3 is 2.70 bits per heavy atom. The van der Waals surface area contributed by atoms with E-state index in [4.69, 9.17) is 9.84 Å². The van der Waals surface area contributed by atoms with Crippen molar-refractivity contribution in [1.82, 2.24) is 4.98 Å². The molecule has 1 aromatic carbocycles. The Kier molecular flexibility index (Phi) is 4.20. The van der Waals surface area contributed by atoms with Gasteiger partial charge >= 0.3 is 5.97 Å². The van der Waals surface area contributed by atoms with Crippen LogP contribution >= 0.6 is 0 Å². The standard InChI is InChI=1S/C15H16N2O3/c1-10-7-12(4-5-13(10)15(18)19)16-8-11-3-6-14(20-2)17-9-11/h3-7,9,16H,8H2,1-2H3,(H,18,19). The highest BCUT2D eigenvalue weighted by Crippen LogP contribution is 2.16. The van der Waals surface area contributed by atoms with Crippen LogP contribution in [0.15, 0.2) is 36.5 Å². The average molecular weight is 272 g/mol. The first-order valence-electron chi connectivity index (χ1n) is 6.17. The summed E-state index contributed by atoms with van der Waals surface area (Å²) < 4.78 is 5.00. The summed E-state index contributed by atoms with van der Waals surface area (Å²) in [6.07, 6.45) is 1.74. The molecule has 0 unspecified atom stereocenters. The van der Waals surface area contributed by atoms with Crippen LogP contribution in [0.1, 0.15) is 21.5 Å². The number of aromatic carboxylic acids is 1. The molecule has 0 spiro atoms. The quantitative estimate of drug-likeness (QED) is 0.875. The second kappa shape index (κ2) is 6.06. The monoisotopic (exact) mass is 272 g/mol. The smallest absolute Gasteiger partial charge is 0.335 e. The van der Waals surface area contributed by atoms with Gasteiger partial charge in [-0.05, 0) is 36.2 Å². The van der Waals surface area contributed by atoms with Crippen LogP contribution in [-0.4, -0.2) is 23.2 Å².